The molecule has 6 nitrogen and oxygen atoms in total. The van der Waals surface area contributed by atoms with Crippen molar-refractivity contribution in [2.45, 2.75) is 32.5 Å². The minimum atomic E-state index is -0.0977. The molecule has 152 valence electrons. The average molecular weight is 475 g/mol. The molecule has 3 rings (SSSR count). The fraction of sp³-hybridized carbons (Fsp3) is 0.286. The molecule has 0 atom stereocenters. The quantitative estimate of drug-likeness (QED) is 0.497. The Morgan fingerprint density at radius 3 is 2.69 bits per heavy atom. The summed E-state index contributed by atoms with van der Waals surface area (Å²) in [4.78, 5) is 12.4. The van der Waals surface area contributed by atoms with E-state index in [1.165, 1.54) is 17.3 Å². The van der Waals surface area contributed by atoms with E-state index in [0.29, 0.717) is 17.6 Å². The molecule has 0 radical (unpaired) electrons. The Morgan fingerprint density at radius 1 is 1.17 bits per heavy atom. The van der Waals surface area contributed by atoms with Crippen LogP contribution in [0.2, 0.25) is 0 Å². The summed E-state index contributed by atoms with van der Waals surface area (Å²) >= 11 is 4.84. The number of nitrogens with zero attached hydrogens (tertiary/aromatic N) is 3. The normalized spacial score (nSPS) is 10.8. The number of carbonyl (C=O) groups excluding carboxylic acids is 1. The zero-order valence-electron chi connectivity index (χ0n) is 16.8. The fourth-order valence-electron chi connectivity index (χ4n) is 2.64. The summed E-state index contributed by atoms with van der Waals surface area (Å²) in [5, 5.41) is 12.0. The number of anilines is 1. The SMILES string of the molecule is Cc1cccc(OCc2nnc(SCC(=O)Nc3cc(C)c(C)cc3Br)n2C)c1. The molecule has 1 amide bonds. The molecule has 0 saturated carbocycles. The molecule has 1 N–H and O–H groups in total. The molecule has 29 heavy (non-hydrogen) atoms. The lowest BCUT2D eigenvalue weighted by Crippen LogP contribution is -2.15. The summed E-state index contributed by atoms with van der Waals surface area (Å²) < 4.78 is 8.50. The lowest BCUT2D eigenvalue weighted by molar-refractivity contribution is -0.113. The van der Waals surface area contributed by atoms with E-state index in [1.807, 2.05) is 68.8 Å². The first-order valence-electron chi connectivity index (χ1n) is 9.10. The summed E-state index contributed by atoms with van der Waals surface area (Å²) in [6.07, 6.45) is 0. The number of nitrogens with one attached hydrogen (secondary N) is 1. The highest BCUT2D eigenvalue weighted by molar-refractivity contribution is 9.10. The van der Waals surface area contributed by atoms with Gasteiger partial charge in [0.1, 0.15) is 12.4 Å². The van der Waals surface area contributed by atoms with Crippen molar-refractivity contribution in [3.63, 3.8) is 0 Å². The van der Waals surface area contributed by atoms with Crippen LogP contribution in [0.1, 0.15) is 22.5 Å². The minimum Gasteiger partial charge on any atom is -0.486 e. The summed E-state index contributed by atoms with van der Waals surface area (Å²) in [5.41, 5.74) is 4.20. The summed E-state index contributed by atoms with van der Waals surface area (Å²) in [7, 11) is 1.87. The number of benzene rings is 2. The van der Waals surface area contributed by atoms with Crippen molar-refractivity contribution in [1.82, 2.24) is 14.8 Å². The Balaban J connectivity index is 1.56. The third-order valence-electron chi connectivity index (χ3n) is 4.47. The maximum Gasteiger partial charge on any atom is 0.234 e. The minimum absolute atomic E-state index is 0.0977. The first-order chi connectivity index (χ1) is 13.8. The zero-order chi connectivity index (χ0) is 21.0. The van der Waals surface area contributed by atoms with Gasteiger partial charge in [-0.05, 0) is 77.7 Å². The number of ether oxygens (including phenoxy) is 1. The maximum absolute atomic E-state index is 12.4. The molecule has 0 bridgehead atoms. The van der Waals surface area contributed by atoms with Crippen LogP contribution in [0, 0.1) is 20.8 Å². The van der Waals surface area contributed by atoms with Crippen molar-refractivity contribution in [2.24, 2.45) is 7.05 Å². The maximum atomic E-state index is 12.4. The van der Waals surface area contributed by atoms with Gasteiger partial charge in [0.05, 0.1) is 11.4 Å². The van der Waals surface area contributed by atoms with Gasteiger partial charge in [-0.25, -0.2) is 0 Å². The van der Waals surface area contributed by atoms with E-state index in [4.69, 9.17) is 4.74 Å². The number of amides is 1. The van der Waals surface area contributed by atoms with Crippen molar-refractivity contribution in [1.29, 1.82) is 0 Å². The second-order valence-corrected chi connectivity index (χ2v) is 8.61. The Bertz CT molecular complexity index is 1040. The Morgan fingerprint density at radius 2 is 1.93 bits per heavy atom. The van der Waals surface area contributed by atoms with Crippen molar-refractivity contribution in [3.8, 4) is 5.75 Å². The van der Waals surface area contributed by atoms with Gasteiger partial charge in [0.25, 0.3) is 0 Å². The molecular weight excluding hydrogens is 452 g/mol. The van der Waals surface area contributed by atoms with E-state index >= 15 is 0 Å². The summed E-state index contributed by atoms with van der Waals surface area (Å²) in [5.74, 6) is 1.63. The number of carbonyl (C=O) groups is 1. The van der Waals surface area contributed by atoms with Gasteiger partial charge in [0.15, 0.2) is 11.0 Å². The van der Waals surface area contributed by atoms with E-state index in [-0.39, 0.29) is 11.7 Å². The highest BCUT2D eigenvalue weighted by Crippen LogP contribution is 2.26. The molecule has 2 aromatic carbocycles. The predicted molar refractivity (Wildman–Crippen MR) is 119 cm³/mol. The third-order valence-corrected chi connectivity index (χ3v) is 6.15. The third kappa shape index (κ3) is 5.61. The van der Waals surface area contributed by atoms with Crippen LogP contribution in [-0.4, -0.2) is 26.4 Å². The number of halogens is 1. The van der Waals surface area contributed by atoms with Gasteiger partial charge in [0.2, 0.25) is 5.91 Å². The van der Waals surface area contributed by atoms with Crippen molar-refractivity contribution >= 4 is 39.3 Å². The van der Waals surface area contributed by atoms with Crippen LogP contribution in [0.4, 0.5) is 5.69 Å². The molecule has 0 saturated heterocycles. The van der Waals surface area contributed by atoms with Gasteiger partial charge in [-0.2, -0.15) is 0 Å². The van der Waals surface area contributed by atoms with Crippen LogP contribution in [0.15, 0.2) is 46.0 Å². The van der Waals surface area contributed by atoms with Gasteiger partial charge in [0, 0.05) is 11.5 Å². The van der Waals surface area contributed by atoms with Crippen LogP contribution < -0.4 is 10.1 Å². The van der Waals surface area contributed by atoms with Gasteiger partial charge in [-0.15, -0.1) is 10.2 Å². The van der Waals surface area contributed by atoms with Crippen LogP contribution >= 0.6 is 27.7 Å². The van der Waals surface area contributed by atoms with Crippen LogP contribution in [0.25, 0.3) is 0 Å². The fourth-order valence-corrected chi connectivity index (χ4v) is 3.93. The molecule has 1 aromatic heterocycles. The first kappa shape index (κ1) is 21.4. The highest BCUT2D eigenvalue weighted by atomic mass is 79.9. The monoisotopic (exact) mass is 474 g/mol. The highest BCUT2D eigenvalue weighted by Gasteiger charge is 2.13. The van der Waals surface area contributed by atoms with Crippen molar-refractivity contribution in [2.75, 3.05) is 11.1 Å². The topological polar surface area (TPSA) is 69.0 Å². The molecule has 0 aliphatic heterocycles. The zero-order valence-corrected chi connectivity index (χ0v) is 19.2. The van der Waals surface area contributed by atoms with Gasteiger partial charge in [-0.1, -0.05) is 23.9 Å². The lowest BCUT2D eigenvalue weighted by atomic mass is 10.1. The predicted octanol–water partition coefficient (Wildman–Crippen LogP) is 4.81. The van der Waals surface area contributed by atoms with E-state index < -0.39 is 0 Å². The van der Waals surface area contributed by atoms with Gasteiger partial charge < -0.3 is 14.6 Å². The second kappa shape index (κ2) is 9.45. The molecule has 8 heteroatoms. The van der Waals surface area contributed by atoms with Crippen molar-refractivity contribution in [3.05, 3.63) is 63.4 Å². The second-order valence-electron chi connectivity index (χ2n) is 6.82. The van der Waals surface area contributed by atoms with Gasteiger partial charge in [-0.3, -0.25) is 4.79 Å². The number of thioether (sulfide) groups is 1. The molecule has 0 spiro atoms. The van der Waals surface area contributed by atoms with E-state index in [9.17, 15) is 4.79 Å². The molecular formula is C21H23BrN4O2S. The standard InChI is InChI=1S/C21H23BrN4O2S/c1-13-6-5-7-16(8-13)28-11-19-24-25-21(26(19)4)29-12-20(27)23-18-10-15(3)14(2)9-17(18)22/h5-10H,11-12H2,1-4H3,(H,23,27). The van der Waals surface area contributed by atoms with Crippen LogP contribution in [-0.2, 0) is 18.4 Å². The average Bonchev–Trinajstić information content (AvgIpc) is 3.02. The number of hydrogen-bond donors (Lipinski definition) is 1. The number of hydrogen-bond acceptors (Lipinski definition) is 5. The molecule has 0 fully saturated rings. The van der Waals surface area contributed by atoms with E-state index in [2.05, 4.69) is 31.4 Å². The van der Waals surface area contributed by atoms with Crippen LogP contribution in [0.5, 0.6) is 5.75 Å². The number of rotatable bonds is 7. The number of aryl methyl sites for hydroxylation is 3. The molecule has 0 aliphatic carbocycles. The largest absolute Gasteiger partial charge is 0.486 e. The van der Waals surface area contributed by atoms with E-state index in [1.54, 1.807) is 0 Å². The molecule has 0 unspecified atom stereocenters. The number of aromatic nitrogens is 3. The first-order valence-corrected chi connectivity index (χ1v) is 10.9. The summed E-state index contributed by atoms with van der Waals surface area (Å²) in [6.45, 7) is 6.39. The Hall–Kier alpha value is -2.32. The van der Waals surface area contributed by atoms with E-state index in [0.717, 1.165) is 27.0 Å². The smallest absolute Gasteiger partial charge is 0.234 e. The van der Waals surface area contributed by atoms with Gasteiger partial charge >= 0.3 is 0 Å². The molecule has 3 aromatic rings. The molecule has 1 heterocycles. The van der Waals surface area contributed by atoms with Crippen molar-refractivity contribution < 1.29 is 9.53 Å². The molecule has 0 aliphatic rings. The van der Waals surface area contributed by atoms with Crippen LogP contribution in [0.3, 0.4) is 0 Å². The summed E-state index contributed by atoms with van der Waals surface area (Å²) in [6, 6.07) is 11.8. The Kier molecular flexibility index (Phi) is 6.97. The Labute approximate surface area is 183 Å². The lowest BCUT2D eigenvalue weighted by Gasteiger charge is -2.10.